The predicted octanol–water partition coefficient (Wildman–Crippen LogP) is 2.72. The maximum Gasteiger partial charge on any atom is 0.152 e. The highest BCUT2D eigenvalue weighted by molar-refractivity contribution is 5.85. The number of hydrogen-bond acceptors (Lipinski definition) is 3. The molecule has 0 radical (unpaired) electrons. The van der Waals surface area contributed by atoms with Crippen molar-refractivity contribution in [2.75, 3.05) is 6.54 Å². The number of rotatable bonds is 8. The molecule has 0 bridgehead atoms. The third-order valence-corrected chi connectivity index (χ3v) is 3.96. The SMILES string of the molecule is CCC(C)(CC(N)C(=O)C(C)C)CC(C)(C)CN. The summed E-state index contributed by atoms with van der Waals surface area (Å²) in [5, 5.41) is 0. The molecule has 0 saturated heterocycles. The fraction of sp³-hybridized carbons (Fsp3) is 0.933. The van der Waals surface area contributed by atoms with Crippen molar-refractivity contribution in [3.63, 3.8) is 0 Å². The molecule has 0 aromatic carbocycles. The summed E-state index contributed by atoms with van der Waals surface area (Å²) >= 11 is 0. The first-order valence-electron chi connectivity index (χ1n) is 7.06. The van der Waals surface area contributed by atoms with Crippen LogP contribution in [0.4, 0.5) is 0 Å². The van der Waals surface area contributed by atoms with Gasteiger partial charge in [0, 0.05) is 5.92 Å². The fourth-order valence-electron chi connectivity index (χ4n) is 2.63. The van der Waals surface area contributed by atoms with Crippen LogP contribution in [-0.4, -0.2) is 18.4 Å². The monoisotopic (exact) mass is 256 g/mol. The van der Waals surface area contributed by atoms with Crippen molar-refractivity contribution >= 4 is 5.78 Å². The molecule has 18 heavy (non-hydrogen) atoms. The molecule has 0 heterocycles. The molecule has 4 N–H and O–H groups in total. The second kappa shape index (κ2) is 6.67. The van der Waals surface area contributed by atoms with Crippen LogP contribution in [0.2, 0.25) is 0 Å². The summed E-state index contributed by atoms with van der Waals surface area (Å²) < 4.78 is 0. The van der Waals surface area contributed by atoms with Crippen LogP contribution in [0.5, 0.6) is 0 Å². The van der Waals surface area contributed by atoms with E-state index >= 15 is 0 Å². The van der Waals surface area contributed by atoms with Gasteiger partial charge in [-0.15, -0.1) is 0 Å². The quantitative estimate of drug-likeness (QED) is 0.701. The average Bonchev–Trinajstić information content (AvgIpc) is 2.27. The maximum absolute atomic E-state index is 11.9. The molecular weight excluding hydrogens is 224 g/mol. The minimum Gasteiger partial charge on any atom is -0.330 e. The van der Waals surface area contributed by atoms with E-state index in [-0.39, 0.29) is 28.6 Å². The lowest BCUT2D eigenvalue weighted by molar-refractivity contribution is -0.124. The standard InChI is InChI=1S/C15H32N2O/c1-7-15(6,9-14(4,5)10-16)8-12(17)13(18)11(2)3/h11-12H,7-10,16-17H2,1-6H3. The lowest BCUT2D eigenvalue weighted by Gasteiger charge is -2.38. The summed E-state index contributed by atoms with van der Waals surface area (Å²) in [5.74, 6) is 0.184. The van der Waals surface area contributed by atoms with E-state index in [9.17, 15) is 4.79 Å². The van der Waals surface area contributed by atoms with E-state index < -0.39 is 0 Å². The van der Waals surface area contributed by atoms with Crippen molar-refractivity contribution in [3.8, 4) is 0 Å². The van der Waals surface area contributed by atoms with Crippen LogP contribution in [0.15, 0.2) is 0 Å². The molecule has 0 aliphatic heterocycles. The van der Waals surface area contributed by atoms with Crippen molar-refractivity contribution in [2.24, 2.45) is 28.2 Å². The molecule has 108 valence electrons. The molecule has 0 amide bonds. The molecule has 0 fully saturated rings. The molecule has 2 atom stereocenters. The summed E-state index contributed by atoms with van der Waals surface area (Å²) in [6.07, 6.45) is 2.78. The molecular formula is C15H32N2O. The van der Waals surface area contributed by atoms with Crippen molar-refractivity contribution < 1.29 is 4.79 Å². The van der Waals surface area contributed by atoms with Gasteiger partial charge in [0.2, 0.25) is 0 Å². The van der Waals surface area contributed by atoms with E-state index in [1.165, 1.54) is 0 Å². The zero-order valence-electron chi connectivity index (χ0n) is 13.0. The number of Topliss-reactive ketones (excluding diaryl/α,β-unsaturated/α-hetero) is 1. The van der Waals surface area contributed by atoms with Gasteiger partial charge in [-0.2, -0.15) is 0 Å². The maximum atomic E-state index is 11.9. The molecule has 0 aromatic heterocycles. The highest BCUT2D eigenvalue weighted by Crippen LogP contribution is 2.39. The second-order valence-corrected chi connectivity index (χ2v) is 7.08. The summed E-state index contributed by atoms with van der Waals surface area (Å²) in [4.78, 5) is 11.9. The molecule has 0 rings (SSSR count). The van der Waals surface area contributed by atoms with Crippen LogP contribution < -0.4 is 11.5 Å². The average molecular weight is 256 g/mol. The van der Waals surface area contributed by atoms with Gasteiger partial charge in [-0.3, -0.25) is 4.79 Å². The van der Waals surface area contributed by atoms with Crippen LogP contribution in [-0.2, 0) is 4.79 Å². The Morgan fingerprint density at radius 3 is 2.06 bits per heavy atom. The van der Waals surface area contributed by atoms with E-state index in [1.807, 2.05) is 13.8 Å². The molecule has 2 unspecified atom stereocenters. The highest BCUT2D eigenvalue weighted by Gasteiger charge is 2.33. The van der Waals surface area contributed by atoms with Crippen molar-refractivity contribution in [3.05, 3.63) is 0 Å². The third kappa shape index (κ3) is 5.49. The Morgan fingerprint density at radius 1 is 1.22 bits per heavy atom. The van der Waals surface area contributed by atoms with E-state index in [0.29, 0.717) is 6.54 Å². The smallest absolute Gasteiger partial charge is 0.152 e. The van der Waals surface area contributed by atoms with Gasteiger partial charge in [0.25, 0.3) is 0 Å². The minimum atomic E-state index is -0.344. The Morgan fingerprint density at radius 2 is 1.72 bits per heavy atom. The number of nitrogens with two attached hydrogens (primary N) is 2. The first-order chi connectivity index (χ1) is 8.07. The van der Waals surface area contributed by atoms with Gasteiger partial charge in [0.15, 0.2) is 5.78 Å². The third-order valence-electron chi connectivity index (χ3n) is 3.96. The molecule has 0 spiro atoms. The fourth-order valence-corrected chi connectivity index (χ4v) is 2.63. The number of hydrogen-bond donors (Lipinski definition) is 2. The molecule has 0 aromatic rings. The molecule has 3 heteroatoms. The van der Waals surface area contributed by atoms with Gasteiger partial charge in [-0.25, -0.2) is 0 Å². The predicted molar refractivity (Wildman–Crippen MR) is 78.3 cm³/mol. The Hall–Kier alpha value is -0.410. The van der Waals surface area contributed by atoms with Crippen LogP contribution in [0.3, 0.4) is 0 Å². The highest BCUT2D eigenvalue weighted by atomic mass is 16.1. The number of carbonyl (C=O) groups is 1. The van der Waals surface area contributed by atoms with Gasteiger partial charge in [-0.1, -0.05) is 48.0 Å². The minimum absolute atomic E-state index is 0.0172. The van der Waals surface area contributed by atoms with Gasteiger partial charge < -0.3 is 11.5 Å². The lowest BCUT2D eigenvalue weighted by atomic mass is 9.69. The first kappa shape index (κ1) is 17.6. The van der Waals surface area contributed by atoms with Gasteiger partial charge in [0.05, 0.1) is 6.04 Å². The lowest BCUT2D eigenvalue weighted by Crippen LogP contribution is -2.40. The van der Waals surface area contributed by atoms with E-state index in [0.717, 1.165) is 19.3 Å². The van der Waals surface area contributed by atoms with Crippen molar-refractivity contribution in [1.82, 2.24) is 0 Å². The molecule has 3 nitrogen and oxygen atoms in total. The molecule has 0 aliphatic carbocycles. The van der Waals surface area contributed by atoms with Crippen LogP contribution in [0.25, 0.3) is 0 Å². The van der Waals surface area contributed by atoms with Crippen LogP contribution in [0.1, 0.15) is 60.8 Å². The Labute approximate surface area is 113 Å². The van der Waals surface area contributed by atoms with E-state index in [2.05, 4.69) is 27.7 Å². The number of carbonyl (C=O) groups excluding carboxylic acids is 1. The van der Waals surface area contributed by atoms with Gasteiger partial charge >= 0.3 is 0 Å². The normalized spacial score (nSPS) is 17.6. The summed E-state index contributed by atoms with van der Waals surface area (Å²) in [5.41, 5.74) is 12.1. The van der Waals surface area contributed by atoms with Crippen LogP contribution in [0, 0.1) is 16.7 Å². The topological polar surface area (TPSA) is 69.1 Å². The van der Waals surface area contributed by atoms with E-state index in [1.54, 1.807) is 0 Å². The van der Waals surface area contributed by atoms with Gasteiger partial charge in [-0.05, 0) is 30.2 Å². The number of ketones is 1. The second-order valence-electron chi connectivity index (χ2n) is 7.08. The Kier molecular flexibility index (Phi) is 6.52. The summed E-state index contributed by atoms with van der Waals surface area (Å²) in [7, 11) is 0. The van der Waals surface area contributed by atoms with Crippen molar-refractivity contribution in [2.45, 2.75) is 66.8 Å². The zero-order valence-corrected chi connectivity index (χ0v) is 13.0. The Bertz CT molecular complexity index is 274. The van der Waals surface area contributed by atoms with Crippen molar-refractivity contribution in [1.29, 1.82) is 0 Å². The molecule has 0 aliphatic rings. The Balaban J connectivity index is 4.72. The van der Waals surface area contributed by atoms with Gasteiger partial charge in [0.1, 0.15) is 0 Å². The summed E-state index contributed by atoms with van der Waals surface area (Å²) in [6, 6.07) is -0.344. The molecule has 0 saturated carbocycles. The first-order valence-corrected chi connectivity index (χ1v) is 7.06. The van der Waals surface area contributed by atoms with Crippen LogP contribution >= 0.6 is 0 Å². The largest absolute Gasteiger partial charge is 0.330 e. The zero-order chi connectivity index (χ0) is 14.6. The summed E-state index contributed by atoms with van der Waals surface area (Å²) in [6.45, 7) is 13.2. The van der Waals surface area contributed by atoms with E-state index in [4.69, 9.17) is 11.5 Å².